The number of rotatable bonds is 3. The smallest absolute Gasteiger partial charge is 0.105 e. The molecule has 1 aromatic heterocycles. The predicted molar refractivity (Wildman–Crippen MR) is 39.4 cm³/mol. The first-order valence-electron chi connectivity index (χ1n) is 3.33. The van der Waals surface area contributed by atoms with Crippen molar-refractivity contribution in [1.82, 2.24) is 0 Å². The van der Waals surface area contributed by atoms with E-state index in [2.05, 4.69) is 0 Å². The average Bonchev–Trinajstić information content (AvgIpc) is 2.37. The van der Waals surface area contributed by atoms with Gasteiger partial charge in [-0.3, -0.25) is 0 Å². The summed E-state index contributed by atoms with van der Waals surface area (Å²) in [5.41, 5.74) is 11.7. The van der Waals surface area contributed by atoms with Crippen LogP contribution in [0.4, 0.5) is 0 Å². The fourth-order valence-electron chi connectivity index (χ4n) is 0.807. The Bertz CT molecular complexity index is 195. The second-order valence-electron chi connectivity index (χ2n) is 2.16. The van der Waals surface area contributed by atoms with Gasteiger partial charge in [0.05, 0.1) is 6.26 Å². The van der Waals surface area contributed by atoms with Crippen molar-refractivity contribution in [3.8, 4) is 0 Å². The van der Waals surface area contributed by atoms with Crippen molar-refractivity contribution < 1.29 is 4.42 Å². The molecule has 0 radical (unpaired) electrons. The van der Waals surface area contributed by atoms with Gasteiger partial charge in [-0.25, -0.2) is 0 Å². The minimum Gasteiger partial charge on any atom is -0.469 e. The van der Waals surface area contributed by atoms with Crippen molar-refractivity contribution in [3.05, 3.63) is 23.7 Å². The first-order chi connectivity index (χ1) is 4.86. The Kier molecular flexibility index (Phi) is 2.48. The maximum Gasteiger partial charge on any atom is 0.105 e. The molecule has 0 saturated heterocycles. The summed E-state index contributed by atoms with van der Waals surface area (Å²) in [6.45, 7) is 1.16. The zero-order valence-corrected chi connectivity index (χ0v) is 5.84. The van der Waals surface area contributed by atoms with Crippen molar-refractivity contribution in [3.63, 3.8) is 0 Å². The molecule has 0 aliphatic rings. The van der Waals surface area contributed by atoms with Crippen LogP contribution >= 0.6 is 0 Å². The van der Waals surface area contributed by atoms with E-state index in [4.69, 9.17) is 15.9 Å². The van der Waals surface area contributed by atoms with Crippen LogP contribution in [0.25, 0.3) is 0 Å². The van der Waals surface area contributed by atoms with Crippen LogP contribution in [0.2, 0.25) is 0 Å². The quantitative estimate of drug-likeness (QED) is 0.632. The van der Waals surface area contributed by atoms with E-state index in [1.54, 1.807) is 6.26 Å². The van der Waals surface area contributed by atoms with E-state index in [0.717, 1.165) is 17.7 Å². The van der Waals surface area contributed by atoms with Gasteiger partial charge in [-0.1, -0.05) is 0 Å². The lowest BCUT2D eigenvalue weighted by Crippen LogP contribution is -2.01. The summed E-state index contributed by atoms with van der Waals surface area (Å²) in [5, 5.41) is 0. The summed E-state index contributed by atoms with van der Waals surface area (Å²) in [6, 6.07) is 1.94. The minimum atomic E-state index is 0.536. The lowest BCUT2D eigenvalue weighted by molar-refractivity contribution is 0.509. The Morgan fingerprint density at radius 1 is 1.40 bits per heavy atom. The second-order valence-corrected chi connectivity index (χ2v) is 2.16. The minimum absolute atomic E-state index is 0.536. The summed E-state index contributed by atoms with van der Waals surface area (Å²) in [6.07, 6.45) is 2.46. The van der Waals surface area contributed by atoms with Crippen molar-refractivity contribution in [2.24, 2.45) is 11.5 Å². The van der Waals surface area contributed by atoms with Gasteiger partial charge in [0, 0.05) is 18.5 Å². The normalized spacial score (nSPS) is 10.2. The van der Waals surface area contributed by atoms with Gasteiger partial charge in [0.1, 0.15) is 5.76 Å². The van der Waals surface area contributed by atoms with Gasteiger partial charge < -0.3 is 15.9 Å². The molecule has 0 spiro atoms. The van der Waals surface area contributed by atoms with Crippen LogP contribution in [0, 0.1) is 0 Å². The van der Waals surface area contributed by atoms with Gasteiger partial charge in [0.2, 0.25) is 0 Å². The molecule has 3 nitrogen and oxygen atoms in total. The van der Waals surface area contributed by atoms with Gasteiger partial charge >= 0.3 is 0 Å². The maximum atomic E-state index is 5.37. The van der Waals surface area contributed by atoms with Crippen LogP contribution in [-0.4, -0.2) is 6.54 Å². The zero-order chi connectivity index (χ0) is 7.40. The zero-order valence-electron chi connectivity index (χ0n) is 5.84. The molecular formula is C7H12N2O. The third-order valence-electron chi connectivity index (χ3n) is 1.33. The first kappa shape index (κ1) is 7.31. The maximum absolute atomic E-state index is 5.37. The fraction of sp³-hybridized carbons (Fsp3) is 0.429. The molecule has 0 unspecified atom stereocenters. The monoisotopic (exact) mass is 140 g/mol. The van der Waals surface area contributed by atoms with E-state index in [1.807, 2.05) is 6.07 Å². The Balaban J connectivity index is 2.59. The molecule has 0 saturated carbocycles. The SMILES string of the molecule is NCCc1cc(CN)co1. The van der Waals surface area contributed by atoms with E-state index in [1.165, 1.54) is 0 Å². The number of nitrogens with two attached hydrogens (primary N) is 2. The Labute approximate surface area is 60.0 Å². The highest BCUT2D eigenvalue weighted by molar-refractivity contribution is 5.12. The molecule has 0 aromatic carbocycles. The lowest BCUT2D eigenvalue weighted by Gasteiger charge is -1.87. The lowest BCUT2D eigenvalue weighted by atomic mass is 10.3. The fourth-order valence-corrected chi connectivity index (χ4v) is 0.807. The van der Waals surface area contributed by atoms with E-state index in [0.29, 0.717) is 13.1 Å². The summed E-state index contributed by atoms with van der Waals surface area (Å²) < 4.78 is 5.14. The third kappa shape index (κ3) is 1.59. The molecule has 1 rings (SSSR count). The largest absolute Gasteiger partial charge is 0.469 e. The molecule has 0 aliphatic heterocycles. The van der Waals surface area contributed by atoms with Crippen LogP contribution in [0.1, 0.15) is 11.3 Å². The van der Waals surface area contributed by atoms with Gasteiger partial charge in [-0.2, -0.15) is 0 Å². The Morgan fingerprint density at radius 3 is 2.70 bits per heavy atom. The second kappa shape index (κ2) is 3.39. The number of hydrogen-bond acceptors (Lipinski definition) is 3. The molecular weight excluding hydrogens is 128 g/mol. The van der Waals surface area contributed by atoms with Crippen molar-refractivity contribution in [2.45, 2.75) is 13.0 Å². The van der Waals surface area contributed by atoms with Gasteiger partial charge in [-0.05, 0) is 12.6 Å². The molecule has 0 bridgehead atoms. The summed E-state index contributed by atoms with van der Waals surface area (Å²) in [7, 11) is 0. The van der Waals surface area contributed by atoms with Gasteiger partial charge in [-0.15, -0.1) is 0 Å². The molecule has 1 aromatic rings. The molecule has 0 amide bonds. The van der Waals surface area contributed by atoms with Gasteiger partial charge in [0.15, 0.2) is 0 Å². The summed E-state index contributed by atoms with van der Waals surface area (Å²) in [4.78, 5) is 0. The summed E-state index contributed by atoms with van der Waals surface area (Å²) in [5.74, 6) is 0.919. The van der Waals surface area contributed by atoms with E-state index in [-0.39, 0.29) is 0 Å². The predicted octanol–water partition coefficient (Wildman–Crippen LogP) is 0.239. The van der Waals surface area contributed by atoms with Crippen LogP contribution in [0.15, 0.2) is 16.7 Å². The highest BCUT2D eigenvalue weighted by Gasteiger charge is 1.97. The molecule has 0 fully saturated rings. The highest BCUT2D eigenvalue weighted by atomic mass is 16.3. The van der Waals surface area contributed by atoms with Crippen LogP contribution in [0.3, 0.4) is 0 Å². The Hall–Kier alpha value is -0.800. The molecule has 0 atom stereocenters. The van der Waals surface area contributed by atoms with Crippen LogP contribution in [0.5, 0.6) is 0 Å². The molecule has 1 heterocycles. The van der Waals surface area contributed by atoms with E-state index < -0.39 is 0 Å². The average molecular weight is 140 g/mol. The highest BCUT2D eigenvalue weighted by Crippen LogP contribution is 2.06. The van der Waals surface area contributed by atoms with Crippen LogP contribution in [-0.2, 0) is 13.0 Å². The van der Waals surface area contributed by atoms with Gasteiger partial charge in [0.25, 0.3) is 0 Å². The van der Waals surface area contributed by atoms with E-state index in [9.17, 15) is 0 Å². The van der Waals surface area contributed by atoms with Crippen molar-refractivity contribution >= 4 is 0 Å². The third-order valence-corrected chi connectivity index (χ3v) is 1.33. The molecule has 10 heavy (non-hydrogen) atoms. The molecule has 4 N–H and O–H groups in total. The molecule has 3 heteroatoms. The number of furan rings is 1. The molecule has 0 aliphatic carbocycles. The summed E-state index contributed by atoms with van der Waals surface area (Å²) >= 11 is 0. The van der Waals surface area contributed by atoms with Crippen molar-refractivity contribution in [2.75, 3.05) is 6.54 Å². The Morgan fingerprint density at radius 2 is 2.20 bits per heavy atom. The van der Waals surface area contributed by atoms with Crippen LogP contribution < -0.4 is 11.5 Å². The molecule has 56 valence electrons. The van der Waals surface area contributed by atoms with E-state index >= 15 is 0 Å². The number of hydrogen-bond donors (Lipinski definition) is 2. The van der Waals surface area contributed by atoms with Crippen molar-refractivity contribution in [1.29, 1.82) is 0 Å². The standard InChI is InChI=1S/C7H12N2O/c8-2-1-7-3-6(4-9)5-10-7/h3,5H,1-2,4,8-9H2. The topological polar surface area (TPSA) is 65.2 Å². The first-order valence-corrected chi connectivity index (χ1v) is 3.33.